The summed E-state index contributed by atoms with van der Waals surface area (Å²) in [5.74, 6) is 0.179. The van der Waals surface area contributed by atoms with E-state index in [1.165, 1.54) is 78.9 Å². The number of fused-ring (bicyclic) bond motifs is 2. The third kappa shape index (κ3) is 12.1. The number of hydrogen-bond donors (Lipinski definition) is 3. The fourth-order valence-corrected chi connectivity index (χ4v) is 8.05. The zero-order valence-corrected chi connectivity index (χ0v) is 34.5. The van der Waals surface area contributed by atoms with Crippen molar-refractivity contribution in [3.8, 4) is 0 Å². The summed E-state index contributed by atoms with van der Waals surface area (Å²) in [4.78, 5) is 15.0. The summed E-state index contributed by atoms with van der Waals surface area (Å²) in [7, 11) is 0. The molecule has 6 heteroatoms. The smallest absolute Gasteiger partial charge is 0.219 e. The van der Waals surface area contributed by atoms with Gasteiger partial charge in [0, 0.05) is 60.4 Å². The maximum Gasteiger partial charge on any atom is 0.219 e. The van der Waals surface area contributed by atoms with Gasteiger partial charge in [-0.3, -0.25) is 4.79 Å². The second-order valence-corrected chi connectivity index (χ2v) is 16.2. The molecule has 2 aliphatic heterocycles. The van der Waals surface area contributed by atoms with Crippen molar-refractivity contribution in [3.63, 3.8) is 0 Å². The number of carbonyl (C=O) groups is 1. The summed E-state index contributed by atoms with van der Waals surface area (Å²) >= 11 is 0. The van der Waals surface area contributed by atoms with Gasteiger partial charge in [0.25, 0.3) is 0 Å². The number of anilines is 1. The number of hydrogen-bond acceptors (Lipinski definition) is 4. The Morgan fingerprint density at radius 2 is 1.39 bits per heavy atom. The van der Waals surface area contributed by atoms with E-state index in [2.05, 4.69) is 146 Å². The Hall–Kier alpha value is -3.74. The molecule has 2 heterocycles. The zero-order chi connectivity index (χ0) is 38.7. The molecule has 0 bridgehead atoms. The summed E-state index contributed by atoms with van der Waals surface area (Å²) in [6, 6.07) is 17.7. The van der Waals surface area contributed by atoms with Crippen molar-refractivity contribution < 1.29 is 9.37 Å². The first-order valence-electron chi connectivity index (χ1n) is 21.2. The predicted octanol–water partition coefficient (Wildman–Crippen LogP) is 10.2. The third-order valence-electron chi connectivity index (χ3n) is 11.2. The van der Waals surface area contributed by atoms with Crippen LogP contribution in [0.25, 0.3) is 0 Å². The maximum absolute atomic E-state index is 12.5. The van der Waals surface area contributed by atoms with Crippen LogP contribution in [0.2, 0.25) is 0 Å². The third-order valence-corrected chi connectivity index (χ3v) is 11.2. The van der Waals surface area contributed by atoms with E-state index in [0.717, 1.165) is 71.4 Å². The highest BCUT2D eigenvalue weighted by atomic mass is 16.1. The number of unbranched alkanes of at least 4 members (excludes halogenated alkanes) is 8. The van der Waals surface area contributed by atoms with E-state index in [4.69, 9.17) is 5.73 Å². The van der Waals surface area contributed by atoms with Crippen LogP contribution in [-0.2, 0) is 15.6 Å². The Morgan fingerprint density at radius 3 is 2.19 bits per heavy atom. The molecular weight excluding hydrogens is 663 g/mol. The van der Waals surface area contributed by atoms with Gasteiger partial charge >= 0.3 is 0 Å². The van der Waals surface area contributed by atoms with Crippen molar-refractivity contribution in [1.29, 1.82) is 0 Å². The van der Waals surface area contributed by atoms with Crippen molar-refractivity contribution in [3.05, 3.63) is 108 Å². The average molecular weight is 735 g/mol. The van der Waals surface area contributed by atoms with E-state index < -0.39 is 0 Å². The number of benzene rings is 2. The number of amides is 1. The predicted molar refractivity (Wildman–Crippen MR) is 232 cm³/mol. The minimum Gasteiger partial charge on any atom is -0.356 e. The van der Waals surface area contributed by atoms with E-state index in [0.29, 0.717) is 6.42 Å². The van der Waals surface area contributed by atoms with Crippen molar-refractivity contribution >= 4 is 23.0 Å². The number of nitrogens with zero attached hydrogens (tertiary/aromatic N) is 2. The van der Waals surface area contributed by atoms with Gasteiger partial charge in [0.05, 0.1) is 5.41 Å². The highest BCUT2D eigenvalue weighted by Crippen LogP contribution is 2.47. The summed E-state index contributed by atoms with van der Waals surface area (Å²) in [6.07, 6.45) is 29.9. The molecule has 0 atom stereocenters. The van der Waals surface area contributed by atoms with Crippen LogP contribution in [0.5, 0.6) is 0 Å². The SMILES string of the molecule is CCCCN1/C(=C/C=C/C=C/C=C/C2=[N+](CCCCCC(=O)NCCCNCCCCCCCCN)c3ccccc3C2(C)C)C(C)(C)c2ccccc21. The number of nitrogens with one attached hydrogen (secondary N) is 2. The molecule has 0 fully saturated rings. The first-order valence-corrected chi connectivity index (χ1v) is 21.2. The molecule has 0 aliphatic carbocycles. The van der Waals surface area contributed by atoms with Crippen LogP contribution in [0.4, 0.5) is 11.4 Å². The monoisotopic (exact) mass is 735 g/mol. The molecule has 1 amide bonds. The summed E-state index contributed by atoms with van der Waals surface area (Å²) in [6.45, 7) is 17.2. The van der Waals surface area contributed by atoms with E-state index in [1.54, 1.807) is 0 Å². The number of allylic oxidation sites excluding steroid dienone is 8. The molecule has 0 aromatic heterocycles. The zero-order valence-electron chi connectivity index (χ0n) is 34.5. The Balaban J connectivity index is 1.23. The quantitative estimate of drug-likeness (QED) is 0.0540. The van der Waals surface area contributed by atoms with Gasteiger partial charge in [-0.2, -0.15) is 4.58 Å². The molecule has 4 N–H and O–H groups in total. The van der Waals surface area contributed by atoms with Crippen molar-refractivity contribution in [2.24, 2.45) is 5.73 Å². The van der Waals surface area contributed by atoms with E-state index >= 15 is 0 Å². The van der Waals surface area contributed by atoms with E-state index in [-0.39, 0.29) is 16.7 Å². The molecule has 2 aliphatic rings. The van der Waals surface area contributed by atoms with Crippen molar-refractivity contribution in [2.45, 2.75) is 129 Å². The number of para-hydroxylation sites is 2. The molecule has 0 saturated heterocycles. The fraction of sp³-hybridized carbons (Fsp3) is 0.542. The van der Waals surface area contributed by atoms with Gasteiger partial charge in [-0.05, 0) is 89.7 Å². The molecule has 6 nitrogen and oxygen atoms in total. The lowest BCUT2D eigenvalue weighted by Gasteiger charge is -2.27. The molecule has 4 rings (SSSR count). The molecule has 2 aromatic rings. The first kappa shape index (κ1) is 43.0. The van der Waals surface area contributed by atoms with Crippen molar-refractivity contribution in [1.82, 2.24) is 10.6 Å². The maximum atomic E-state index is 12.5. The second-order valence-electron chi connectivity index (χ2n) is 16.2. The molecule has 294 valence electrons. The Kier molecular flexibility index (Phi) is 18.0. The Labute approximate surface area is 328 Å². The number of nitrogens with two attached hydrogens (primary N) is 1. The van der Waals surface area contributed by atoms with Crippen LogP contribution < -0.4 is 21.3 Å². The van der Waals surface area contributed by atoms with Crippen LogP contribution in [0.1, 0.15) is 129 Å². The normalized spacial score (nSPS) is 16.8. The fourth-order valence-electron chi connectivity index (χ4n) is 8.05. The molecule has 0 spiro atoms. The Bertz CT molecular complexity index is 1610. The molecule has 0 saturated carbocycles. The highest BCUT2D eigenvalue weighted by Gasteiger charge is 2.43. The lowest BCUT2D eigenvalue weighted by atomic mass is 9.81. The van der Waals surface area contributed by atoms with Crippen LogP contribution >= 0.6 is 0 Å². The van der Waals surface area contributed by atoms with Crippen LogP contribution in [0, 0.1) is 0 Å². The Morgan fingerprint density at radius 1 is 0.722 bits per heavy atom. The second kappa shape index (κ2) is 22.6. The lowest BCUT2D eigenvalue weighted by Crippen LogP contribution is -2.28. The minimum atomic E-state index is -0.0780. The standard InChI is InChI=1S/C48H71N5O/c1-6-7-38-52-42-29-21-19-27-40(42)47(2,3)44(52)31-16-11-10-12-17-32-45-48(4,5)41-28-20-22-30-43(41)53(45)39-25-15-18-33-46(54)51-37-26-36-50-35-24-14-9-8-13-23-34-49/h10-12,16-17,19-22,27-32,50H,6-9,13-15,18,23-26,33-39,49H2,1-5H3/p+1. The molecule has 54 heavy (non-hydrogen) atoms. The van der Waals surface area contributed by atoms with Gasteiger partial charge in [0.2, 0.25) is 11.6 Å². The van der Waals surface area contributed by atoms with Crippen LogP contribution in [0.15, 0.2) is 96.8 Å². The summed E-state index contributed by atoms with van der Waals surface area (Å²) < 4.78 is 2.50. The number of rotatable bonds is 25. The van der Waals surface area contributed by atoms with E-state index in [9.17, 15) is 4.79 Å². The topological polar surface area (TPSA) is 73.4 Å². The van der Waals surface area contributed by atoms with Crippen LogP contribution in [0.3, 0.4) is 0 Å². The highest BCUT2D eigenvalue weighted by molar-refractivity contribution is 6.03. The van der Waals surface area contributed by atoms with Gasteiger partial charge in [-0.15, -0.1) is 0 Å². The van der Waals surface area contributed by atoms with Crippen LogP contribution in [-0.4, -0.2) is 55.5 Å². The molecule has 0 radical (unpaired) electrons. The lowest BCUT2D eigenvalue weighted by molar-refractivity contribution is -0.438. The summed E-state index contributed by atoms with van der Waals surface area (Å²) in [5.41, 5.74) is 13.6. The van der Waals surface area contributed by atoms with Gasteiger partial charge < -0.3 is 21.3 Å². The average Bonchev–Trinajstić information content (AvgIpc) is 3.51. The number of carbonyl (C=O) groups excluding carboxylic acids is 1. The largest absolute Gasteiger partial charge is 0.356 e. The van der Waals surface area contributed by atoms with Gasteiger partial charge in [-0.25, -0.2) is 0 Å². The van der Waals surface area contributed by atoms with E-state index in [1.807, 2.05) is 0 Å². The minimum absolute atomic E-state index is 0.0182. The molecule has 2 aromatic carbocycles. The first-order chi connectivity index (χ1) is 26.2. The van der Waals surface area contributed by atoms with Gasteiger partial charge in [0.1, 0.15) is 6.54 Å². The summed E-state index contributed by atoms with van der Waals surface area (Å²) in [5, 5.41) is 6.64. The molecular formula is C48H72N5O+. The molecule has 0 unspecified atom stereocenters. The van der Waals surface area contributed by atoms with Crippen molar-refractivity contribution in [2.75, 3.05) is 44.2 Å². The van der Waals surface area contributed by atoms with Gasteiger partial charge in [-0.1, -0.05) is 120 Å². The van der Waals surface area contributed by atoms with Gasteiger partial charge in [0.15, 0.2) is 5.71 Å².